The highest BCUT2D eigenvalue weighted by Gasteiger charge is 2.17. The molecule has 36 heavy (non-hydrogen) atoms. The van der Waals surface area contributed by atoms with Crippen LogP contribution in [0.25, 0.3) is 0 Å². The van der Waals surface area contributed by atoms with Crippen molar-refractivity contribution in [2.45, 2.75) is 20.3 Å². The molecule has 0 atom stereocenters. The summed E-state index contributed by atoms with van der Waals surface area (Å²) in [5.41, 5.74) is 0. The Hall–Kier alpha value is -2.81. The van der Waals surface area contributed by atoms with Crippen molar-refractivity contribution in [3.8, 4) is 0 Å². The molecule has 14 heteroatoms. The van der Waals surface area contributed by atoms with Crippen molar-refractivity contribution < 1.29 is 39.3 Å². The first-order chi connectivity index (χ1) is 17.0. The van der Waals surface area contributed by atoms with Crippen LogP contribution in [0.4, 0.5) is 0 Å². The lowest BCUT2D eigenvalue weighted by Crippen LogP contribution is -2.46. The van der Waals surface area contributed by atoms with Gasteiger partial charge in [-0.3, -0.25) is 43.6 Å². The Balaban J connectivity index is 4.79. The van der Waals surface area contributed by atoms with Gasteiger partial charge in [0.25, 0.3) is 0 Å². The van der Waals surface area contributed by atoms with Crippen molar-refractivity contribution in [3.63, 3.8) is 0 Å². The number of likely N-dealkylation sites (N-methyl/N-ethyl adjacent to an activating group) is 2. The zero-order valence-corrected chi connectivity index (χ0v) is 21.6. The van der Waals surface area contributed by atoms with E-state index in [-0.39, 0.29) is 57.6 Å². The fourth-order valence-electron chi connectivity index (χ4n) is 3.22. The Labute approximate surface area is 212 Å². The average molecular weight is 519 g/mol. The van der Waals surface area contributed by atoms with Crippen LogP contribution >= 0.6 is 0 Å². The number of hydrogen-bond donors (Lipinski definition) is 5. The molecular weight excluding hydrogens is 476 g/mol. The molecule has 0 aromatic heterocycles. The van der Waals surface area contributed by atoms with Crippen molar-refractivity contribution in [1.82, 2.24) is 30.2 Å². The summed E-state index contributed by atoms with van der Waals surface area (Å²) in [6, 6.07) is 0. The van der Waals surface area contributed by atoms with Crippen LogP contribution in [0.3, 0.4) is 0 Å². The lowest BCUT2D eigenvalue weighted by atomic mass is 10.3. The summed E-state index contributed by atoms with van der Waals surface area (Å²) in [5.74, 6) is -3.62. The lowest BCUT2D eigenvalue weighted by Gasteiger charge is -2.29. The van der Waals surface area contributed by atoms with Crippen LogP contribution < -0.4 is 10.6 Å². The van der Waals surface area contributed by atoms with Gasteiger partial charge in [0.2, 0.25) is 11.8 Å². The van der Waals surface area contributed by atoms with Crippen LogP contribution in [0.1, 0.15) is 20.3 Å². The third-order valence-electron chi connectivity index (χ3n) is 5.22. The summed E-state index contributed by atoms with van der Waals surface area (Å²) in [7, 11) is 1.62. The van der Waals surface area contributed by atoms with E-state index in [4.69, 9.17) is 5.11 Å². The van der Waals surface area contributed by atoms with Crippen molar-refractivity contribution in [3.05, 3.63) is 0 Å². The maximum absolute atomic E-state index is 12.2. The number of rotatable bonds is 22. The minimum absolute atomic E-state index is 0.0551. The average Bonchev–Trinajstić information content (AvgIpc) is 2.79. The molecule has 0 aliphatic rings. The molecule has 0 saturated carbocycles. The highest BCUT2D eigenvalue weighted by atomic mass is 16.4. The molecule has 0 unspecified atom stereocenters. The largest absolute Gasteiger partial charge is 0.480 e. The molecule has 208 valence electrons. The molecule has 2 amide bonds. The lowest BCUT2D eigenvalue weighted by molar-refractivity contribution is -0.140. The molecule has 0 aromatic rings. The van der Waals surface area contributed by atoms with Gasteiger partial charge >= 0.3 is 17.9 Å². The molecule has 0 bridgehead atoms. The van der Waals surface area contributed by atoms with Gasteiger partial charge in [0.05, 0.1) is 32.7 Å². The Kier molecular flexibility index (Phi) is 17.9. The van der Waals surface area contributed by atoms with Gasteiger partial charge in [-0.25, -0.2) is 0 Å². The minimum atomic E-state index is -1.03. The van der Waals surface area contributed by atoms with E-state index in [0.717, 1.165) is 6.42 Å². The van der Waals surface area contributed by atoms with Crippen LogP contribution in [0.5, 0.6) is 0 Å². The molecular formula is C22H42N6O8. The van der Waals surface area contributed by atoms with Crippen molar-refractivity contribution >= 4 is 29.7 Å². The van der Waals surface area contributed by atoms with Gasteiger partial charge in [-0.1, -0.05) is 13.8 Å². The Morgan fingerprint density at radius 3 is 1.53 bits per heavy atom. The summed E-state index contributed by atoms with van der Waals surface area (Å²) in [4.78, 5) is 63.9. The number of carboxylic acids is 3. The second kappa shape index (κ2) is 19.4. The number of carboxylic acid groups (broad SMARTS) is 3. The molecule has 0 aromatic carbocycles. The first-order valence-corrected chi connectivity index (χ1v) is 12.0. The molecule has 0 fully saturated rings. The first kappa shape index (κ1) is 33.2. The Morgan fingerprint density at radius 2 is 1.08 bits per heavy atom. The van der Waals surface area contributed by atoms with Crippen LogP contribution in [-0.2, 0) is 24.0 Å². The van der Waals surface area contributed by atoms with Crippen molar-refractivity contribution in [1.29, 1.82) is 0 Å². The topological polar surface area (TPSA) is 183 Å². The number of carbonyl (C=O) groups excluding carboxylic acids is 2. The summed E-state index contributed by atoms with van der Waals surface area (Å²) in [6.45, 7) is 6.09. The van der Waals surface area contributed by atoms with E-state index < -0.39 is 17.9 Å². The van der Waals surface area contributed by atoms with Crippen molar-refractivity contribution in [2.75, 3.05) is 92.1 Å². The fourth-order valence-corrected chi connectivity index (χ4v) is 3.22. The smallest absolute Gasteiger partial charge is 0.317 e. The Bertz CT molecular complexity index is 708. The molecule has 5 N–H and O–H groups in total. The molecule has 0 rings (SSSR count). The number of carbonyl (C=O) groups is 5. The standard InChI is InChI=1S/C22H42N6O8/c1-4-6-23-18(29)13-24-19(30)14-26(5-2)9-10-28(17-22(35)36)12-11-27(16-21(33)34)8-7-25(3)15-20(31)32/h4-17H2,1-3H3,(H,23,29)(H,24,30)(H,31,32)(H,33,34)(H,35,36). The highest BCUT2D eigenvalue weighted by molar-refractivity contribution is 5.85. The number of hydrogen-bond acceptors (Lipinski definition) is 9. The third kappa shape index (κ3) is 18.5. The molecule has 0 radical (unpaired) electrons. The maximum atomic E-state index is 12.2. The van der Waals surface area contributed by atoms with E-state index in [1.807, 2.05) is 18.7 Å². The Morgan fingerprint density at radius 1 is 0.611 bits per heavy atom. The molecule has 0 saturated heterocycles. The number of nitrogens with one attached hydrogen (secondary N) is 2. The van der Waals surface area contributed by atoms with Crippen LogP contribution in [0.15, 0.2) is 0 Å². The maximum Gasteiger partial charge on any atom is 0.317 e. The number of amides is 2. The molecule has 14 nitrogen and oxygen atoms in total. The van der Waals surface area contributed by atoms with E-state index in [9.17, 15) is 34.2 Å². The van der Waals surface area contributed by atoms with Crippen LogP contribution in [0.2, 0.25) is 0 Å². The van der Waals surface area contributed by atoms with Crippen LogP contribution in [-0.4, -0.2) is 157 Å². The second-order valence-corrected chi connectivity index (χ2v) is 8.47. The van der Waals surface area contributed by atoms with E-state index in [0.29, 0.717) is 39.3 Å². The van der Waals surface area contributed by atoms with Crippen LogP contribution in [0, 0.1) is 0 Å². The van der Waals surface area contributed by atoms with Gasteiger partial charge in [0.1, 0.15) is 0 Å². The normalized spacial score (nSPS) is 11.3. The SMILES string of the molecule is CCCNC(=O)CNC(=O)CN(CC)CCN(CCN(CCN(C)CC(=O)O)CC(=O)O)CC(=O)O. The summed E-state index contributed by atoms with van der Waals surface area (Å²) in [6.07, 6.45) is 0.798. The van der Waals surface area contributed by atoms with Gasteiger partial charge in [-0.15, -0.1) is 0 Å². The zero-order chi connectivity index (χ0) is 27.5. The summed E-state index contributed by atoms with van der Waals surface area (Å²) >= 11 is 0. The van der Waals surface area contributed by atoms with Gasteiger partial charge in [0.15, 0.2) is 0 Å². The third-order valence-corrected chi connectivity index (χ3v) is 5.22. The predicted molar refractivity (Wildman–Crippen MR) is 132 cm³/mol. The molecule has 0 aliphatic carbocycles. The highest BCUT2D eigenvalue weighted by Crippen LogP contribution is 1.98. The van der Waals surface area contributed by atoms with E-state index in [2.05, 4.69) is 10.6 Å². The van der Waals surface area contributed by atoms with Gasteiger partial charge in [-0.05, 0) is 20.0 Å². The zero-order valence-electron chi connectivity index (χ0n) is 21.6. The van der Waals surface area contributed by atoms with Gasteiger partial charge in [0, 0.05) is 45.8 Å². The van der Waals surface area contributed by atoms with E-state index >= 15 is 0 Å². The first-order valence-electron chi connectivity index (χ1n) is 12.0. The molecule has 0 spiro atoms. The number of aliphatic carboxylic acids is 3. The quantitative estimate of drug-likeness (QED) is 0.104. The predicted octanol–water partition coefficient (Wildman–Crippen LogP) is -2.26. The number of nitrogens with zero attached hydrogens (tertiary/aromatic N) is 4. The minimum Gasteiger partial charge on any atom is -0.480 e. The van der Waals surface area contributed by atoms with Gasteiger partial charge < -0.3 is 26.0 Å². The van der Waals surface area contributed by atoms with Crippen molar-refractivity contribution in [2.24, 2.45) is 0 Å². The van der Waals surface area contributed by atoms with E-state index in [1.54, 1.807) is 21.7 Å². The second-order valence-electron chi connectivity index (χ2n) is 8.47. The monoisotopic (exact) mass is 518 g/mol. The fraction of sp³-hybridized carbons (Fsp3) is 0.773. The van der Waals surface area contributed by atoms with Gasteiger partial charge in [-0.2, -0.15) is 0 Å². The summed E-state index contributed by atoms with van der Waals surface area (Å²) < 4.78 is 0. The molecule has 0 heterocycles. The summed E-state index contributed by atoms with van der Waals surface area (Å²) in [5, 5.41) is 32.6. The molecule has 0 aliphatic heterocycles. The van der Waals surface area contributed by atoms with E-state index in [1.165, 1.54) is 0 Å².